The van der Waals surface area contributed by atoms with E-state index in [1.165, 1.54) is 64.2 Å². The number of allylic oxidation sites excluding steroid dienone is 10. The van der Waals surface area contributed by atoms with Gasteiger partial charge in [0.05, 0.1) is 27.7 Å². The Labute approximate surface area is 343 Å². The van der Waals surface area contributed by atoms with E-state index in [1.54, 1.807) is 0 Å². The summed E-state index contributed by atoms with van der Waals surface area (Å²) in [6.07, 6.45) is 45.3. The summed E-state index contributed by atoms with van der Waals surface area (Å²) in [5.41, 5.74) is 0. The molecule has 2 atom stereocenters. The summed E-state index contributed by atoms with van der Waals surface area (Å²) in [5, 5.41) is 0. The minimum absolute atomic E-state index is 0.0410. The van der Waals surface area contributed by atoms with Crippen LogP contribution in [0.3, 0.4) is 0 Å². The largest absolute Gasteiger partial charge is 0.756 e. The van der Waals surface area contributed by atoms with Crippen molar-refractivity contribution in [2.75, 3.05) is 47.5 Å². The highest BCUT2D eigenvalue weighted by atomic mass is 31.2. The highest BCUT2D eigenvalue weighted by Crippen LogP contribution is 2.38. The maximum Gasteiger partial charge on any atom is 0.306 e. The van der Waals surface area contributed by atoms with Crippen molar-refractivity contribution in [3.63, 3.8) is 0 Å². The van der Waals surface area contributed by atoms with Gasteiger partial charge in [-0.2, -0.15) is 0 Å². The zero-order chi connectivity index (χ0) is 41.4. The number of phosphoric acid groups is 1. The second-order valence-electron chi connectivity index (χ2n) is 15.7. The molecule has 0 bridgehead atoms. The van der Waals surface area contributed by atoms with Crippen molar-refractivity contribution in [2.24, 2.45) is 0 Å². The first kappa shape index (κ1) is 53.7. The van der Waals surface area contributed by atoms with E-state index >= 15 is 0 Å². The number of likely N-dealkylation sites (N-methyl/N-ethyl adjacent to an activating group) is 1. The van der Waals surface area contributed by atoms with Crippen LogP contribution in [0.1, 0.15) is 168 Å². The molecule has 0 spiro atoms. The number of carbonyl (C=O) groups excluding carboxylic acids is 2. The first-order valence-corrected chi connectivity index (χ1v) is 23.5. The van der Waals surface area contributed by atoms with E-state index in [0.29, 0.717) is 23.9 Å². The molecular weight excluding hydrogens is 725 g/mol. The van der Waals surface area contributed by atoms with Gasteiger partial charge in [0.1, 0.15) is 19.8 Å². The normalized spacial score (nSPS) is 14.2. The maximum absolute atomic E-state index is 12.7. The molecule has 0 N–H and O–H groups in total. The summed E-state index contributed by atoms with van der Waals surface area (Å²) in [5.74, 6) is -0.893. The number of hydrogen-bond acceptors (Lipinski definition) is 8. The van der Waals surface area contributed by atoms with Gasteiger partial charge in [0.2, 0.25) is 0 Å². The molecule has 0 aliphatic heterocycles. The van der Waals surface area contributed by atoms with Crippen LogP contribution in [0.4, 0.5) is 0 Å². The van der Waals surface area contributed by atoms with Gasteiger partial charge in [0, 0.05) is 12.8 Å². The third-order valence-corrected chi connectivity index (χ3v) is 9.97. The van der Waals surface area contributed by atoms with E-state index in [0.717, 1.165) is 64.2 Å². The number of unbranched alkanes of at least 4 members (excludes halogenated alkanes) is 15. The Morgan fingerprint density at radius 1 is 0.554 bits per heavy atom. The number of rotatable bonds is 39. The van der Waals surface area contributed by atoms with Gasteiger partial charge in [-0.1, -0.05) is 132 Å². The summed E-state index contributed by atoms with van der Waals surface area (Å²) >= 11 is 0. The molecule has 324 valence electrons. The van der Waals surface area contributed by atoms with Crippen LogP contribution in [0.2, 0.25) is 0 Å². The SMILES string of the molecule is CCCCC/C=C\C/C=C\C/C=C\CCCCC(=O)OC[C@H](COP(=O)([O-])OCC[N+](C)(C)C)OC(=O)CCCCCCCCC/C=C\C/C=C\CCCCC. The molecule has 10 heteroatoms. The summed E-state index contributed by atoms with van der Waals surface area (Å²) < 4.78 is 33.8. The highest BCUT2D eigenvalue weighted by Gasteiger charge is 2.21. The van der Waals surface area contributed by atoms with Gasteiger partial charge in [0.15, 0.2) is 6.10 Å². The van der Waals surface area contributed by atoms with Gasteiger partial charge in [-0.05, 0) is 83.5 Å². The lowest BCUT2D eigenvalue weighted by Gasteiger charge is -2.28. The van der Waals surface area contributed by atoms with E-state index in [9.17, 15) is 19.0 Å². The molecule has 0 amide bonds. The number of esters is 2. The van der Waals surface area contributed by atoms with Crippen LogP contribution >= 0.6 is 7.82 Å². The molecule has 56 heavy (non-hydrogen) atoms. The molecule has 0 heterocycles. The summed E-state index contributed by atoms with van der Waals surface area (Å²) in [6.45, 7) is 4.10. The molecule has 0 rings (SSSR count). The number of quaternary nitrogens is 1. The van der Waals surface area contributed by atoms with E-state index in [-0.39, 0.29) is 26.1 Å². The lowest BCUT2D eigenvalue weighted by Crippen LogP contribution is -2.37. The third-order valence-electron chi connectivity index (χ3n) is 9.01. The Balaban J connectivity index is 4.45. The van der Waals surface area contributed by atoms with Gasteiger partial charge in [-0.15, -0.1) is 0 Å². The van der Waals surface area contributed by atoms with Crippen molar-refractivity contribution in [1.29, 1.82) is 0 Å². The van der Waals surface area contributed by atoms with E-state index in [1.807, 2.05) is 21.1 Å². The zero-order valence-electron chi connectivity index (χ0n) is 36.3. The molecule has 0 aromatic rings. The lowest BCUT2D eigenvalue weighted by molar-refractivity contribution is -0.870. The standard InChI is InChI=1S/C46H82NO8P/c1-6-8-10-12-14-16-18-20-22-23-25-27-29-31-33-35-37-39-46(49)55-44(43-54-56(50,51)53-41-40-47(3,4)5)42-52-45(48)38-36-34-32-30-28-26-24-21-19-17-15-13-11-9-7-2/h14-17,20-22,24,28,30,44H,6-13,18-19,23,25-27,29,31-43H2,1-5H3/b16-14-,17-15-,22-20-,24-21-,30-28-/t44-/m1/s1. The number of ether oxygens (including phenoxy) is 2. The van der Waals surface area contributed by atoms with E-state index < -0.39 is 32.5 Å². The lowest BCUT2D eigenvalue weighted by atomic mass is 10.1. The first-order chi connectivity index (χ1) is 27.0. The summed E-state index contributed by atoms with van der Waals surface area (Å²) in [7, 11) is 1.13. The smallest absolute Gasteiger partial charge is 0.306 e. The molecule has 0 aromatic carbocycles. The van der Waals surface area contributed by atoms with Gasteiger partial charge < -0.3 is 27.9 Å². The molecule has 0 aliphatic carbocycles. The number of carbonyl (C=O) groups is 2. The van der Waals surface area contributed by atoms with Gasteiger partial charge in [0.25, 0.3) is 7.82 Å². The van der Waals surface area contributed by atoms with Gasteiger partial charge in [-0.3, -0.25) is 14.2 Å². The molecule has 0 saturated heterocycles. The Morgan fingerprint density at radius 2 is 0.964 bits per heavy atom. The predicted octanol–water partition coefficient (Wildman–Crippen LogP) is 11.8. The molecule has 0 fully saturated rings. The zero-order valence-corrected chi connectivity index (χ0v) is 37.2. The molecule has 9 nitrogen and oxygen atoms in total. The van der Waals surface area contributed by atoms with Crippen molar-refractivity contribution in [3.8, 4) is 0 Å². The third kappa shape index (κ3) is 41.3. The molecule has 0 aromatic heterocycles. The van der Waals surface area contributed by atoms with Crippen LogP contribution < -0.4 is 4.89 Å². The molecule has 0 aliphatic rings. The molecule has 1 unspecified atom stereocenters. The quantitative estimate of drug-likeness (QED) is 0.0198. The second kappa shape index (κ2) is 38.2. The number of hydrogen-bond donors (Lipinski definition) is 0. The van der Waals surface area contributed by atoms with Crippen LogP contribution in [0.15, 0.2) is 60.8 Å². The predicted molar refractivity (Wildman–Crippen MR) is 231 cm³/mol. The maximum atomic E-state index is 12.7. The fourth-order valence-corrected chi connectivity index (χ4v) is 6.24. The van der Waals surface area contributed by atoms with Crippen molar-refractivity contribution in [1.82, 2.24) is 0 Å². The number of phosphoric ester groups is 1. The average Bonchev–Trinajstić information content (AvgIpc) is 3.15. The van der Waals surface area contributed by atoms with Gasteiger partial charge >= 0.3 is 11.9 Å². The molecule has 0 saturated carbocycles. The Kier molecular flexibility index (Phi) is 36.7. The first-order valence-electron chi connectivity index (χ1n) is 22.0. The molecular formula is C46H82NO8P. The monoisotopic (exact) mass is 808 g/mol. The Morgan fingerprint density at radius 3 is 1.46 bits per heavy atom. The van der Waals surface area contributed by atoms with E-state index in [2.05, 4.69) is 74.6 Å². The van der Waals surface area contributed by atoms with Crippen molar-refractivity contribution < 1.29 is 42.1 Å². The van der Waals surface area contributed by atoms with Crippen LogP contribution in [0.25, 0.3) is 0 Å². The van der Waals surface area contributed by atoms with Gasteiger partial charge in [-0.25, -0.2) is 0 Å². The Bertz CT molecular complexity index is 1140. The van der Waals surface area contributed by atoms with Crippen LogP contribution in [0.5, 0.6) is 0 Å². The van der Waals surface area contributed by atoms with Crippen LogP contribution in [-0.4, -0.2) is 70.0 Å². The summed E-state index contributed by atoms with van der Waals surface area (Å²) in [4.78, 5) is 37.5. The van der Waals surface area contributed by atoms with Crippen molar-refractivity contribution in [2.45, 2.75) is 174 Å². The van der Waals surface area contributed by atoms with Crippen molar-refractivity contribution in [3.05, 3.63) is 60.8 Å². The summed E-state index contributed by atoms with van der Waals surface area (Å²) in [6, 6.07) is 0. The highest BCUT2D eigenvalue weighted by molar-refractivity contribution is 7.45. The molecule has 0 radical (unpaired) electrons. The van der Waals surface area contributed by atoms with Crippen LogP contribution in [0, 0.1) is 0 Å². The van der Waals surface area contributed by atoms with Crippen LogP contribution in [-0.2, 0) is 32.7 Å². The topological polar surface area (TPSA) is 111 Å². The minimum Gasteiger partial charge on any atom is -0.756 e. The van der Waals surface area contributed by atoms with Crippen molar-refractivity contribution >= 4 is 19.8 Å². The van der Waals surface area contributed by atoms with E-state index in [4.69, 9.17) is 18.5 Å². The Hall–Kier alpha value is -2.29. The minimum atomic E-state index is -4.64. The average molecular weight is 808 g/mol. The fraction of sp³-hybridized carbons (Fsp3) is 0.739. The fourth-order valence-electron chi connectivity index (χ4n) is 5.51. The number of nitrogens with zero attached hydrogens (tertiary/aromatic N) is 1. The second-order valence-corrected chi connectivity index (χ2v) is 17.1.